The Hall–Kier alpha value is -4.15. The number of para-hydroxylation sites is 1. The summed E-state index contributed by atoms with van der Waals surface area (Å²) in [5.41, 5.74) is 2.59. The maximum Gasteiger partial charge on any atom is 0.408 e. The number of likely N-dealkylation sites (tertiary alicyclic amines) is 1. The molecule has 1 atom stereocenters. The summed E-state index contributed by atoms with van der Waals surface area (Å²) in [6.45, 7) is 7.63. The van der Waals surface area contributed by atoms with Crippen molar-refractivity contribution < 1.29 is 28.2 Å². The molecule has 9 nitrogen and oxygen atoms in total. The zero-order valence-electron chi connectivity index (χ0n) is 27.5. The molecule has 0 aromatic heterocycles. The summed E-state index contributed by atoms with van der Waals surface area (Å²) in [5, 5.41) is 2.95. The zero-order chi connectivity index (χ0) is 33.0. The van der Waals surface area contributed by atoms with Gasteiger partial charge < -0.3 is 29.3 Å². The van der Waals surface area contributed by atoms with E-state index in [9.17, 15) is 14.0 Å². The number of nitrogens with one attached hydrogen (secondary N) is 1. The summed E-state index contributed by atoms with van der Waals surface area (Å²) < 4.78 is 31.4. The molecule has 0 saturated carbocycles. The van der Waals surface area contributed by atoms with Gasteiger partial charge in [-0.1, -0.05) is 54.6 Å². The van der Waals surface area contributed by atoms with Crippen molar-refractivity contribution in [3.05, 3.63) is 95.3 Å². The minimum Gasteiger partial charge on any atom is -0.496 e. The highest BCUT2D eigenvalue weighted by molar-refractivity contribution is 5.86. The van der Waals surface area contributed by atoms with E-state index in [4.69, 9.17) is 14.2 Å². The van der Waals surface area contributed by atoms with Crippen LogP contribution in [0.1, 0.15) is 36.5 Å². The molecule has 2 heterocycles. The van der Waals surface area contributed by atoms with Crippen LogP contribution in [0.5, 0.6) is 11.5 Å². The first-order chi connectivity index (χ1) is 22.9. The summed E-state index contributed by atoms with van der Waals surface area (Å²) >= 11 is 0. The third kappa shape index (κ3) is 9.45. The molecule has 252 valence electrons. The number of alkyl carbamates (subject to hydrolysis) is 1. The molecule has 0 aliphatic carbocycles. The number of piperidine rings is 1. The molecular weight excluding hydrogens is 599 g/mol. The number of ether oxygens (including phenoxy) is 3. The molecule has 10 heteroatoms. The van der Waals surface area contributed by atoms with Crippen LogP contribution in [0.3, 0.4) is 0 Å². The van der Waals surface area contributed by atoms with Gasteiger partial charge in [-0.3, -0.25) is 9.69 Å². The Bertz CT molecular complexity index is 1440. The van der Waals surface area contributed by atoms with Gasteiger partial charge in [0.25, 0.3) is 0 Å². The van der Waals surface area contributed by atoms with E-state index in [1.54, 1.807) is 19.2 Å². The number of hydrogen-bond acceptors (Lipinski definition) is 7. The molecule has 0 spiro atoms. The number of rotatable bonds is 13. The van der Waals surface area contributed by atoms with Crippen molar-refractivity contribution in [3.8, 4) is 11.5 Å². The van der Waals surface area contributed by atoms with Gasteiger partial charge in [-0.15, -0.1) is 0 Å². The fourth-order valence-corrected chi connectivity index (χ4v) is 6.50. The summed E-state index contributed by atoms with van der Waals surface area (Å²) in [7, 11) is 1.70. The van der Waals surface area contributed by atoms with E-state index >= 15 is 0 Å². The highest BCUT2D eigenvalue weighted by Crippen LogP contribution is 2.26. The SMILES string of the molecule is CCOc1cccc(F)c1CN1CCN(C(=O)[C@H](NC(=O)OCc2ccccc2)C2CCN(CCc3ccccc3OC)CC2)CC1. The number of halogens is 1. The van der Waals surface area contributed by atoms with E-state index in [-0.39, 0.29) is 24.2 Å². The Morgan fingerprint density at radius 2 is 1.57 bits per heavy atom. The van der Waals surface area contributed by atoms with Gasteiger partial charge in [-0.25, -0.2) is 9.18 Å². The normalized spacial score (nSPS) is 16.8. The fraction of sp³-hybridized carbons (Fsp3) is 0.459. The minimum absolute atomic E-state index is 0.0144. The molecule has 5 rings (SSSR count). The molecule has 2 fully saturated rings. The third-order valence-corrected chi connectivity index (χ3v) is 9.19. The van der Waals surface area contributed by atoms with Crippen LogP contribution in [0, 0.1) is 11.7 Å². The molecule has 0 unspecified atom stereocenters. The lowest BCUT2D eigenvalue weighted by molar-refractivity contribution is -0.137. The Balaban J connectivity index is 1.19. The first-order valence-electron chi connectivity index (χ1n) is 16.7. The molecule has 47 heavy (non-hydrogen) atoms. The van der Waals surface area contributed by atoms with Crippen molar-refractivity contribution >= 4 is 12.0 Å². The van der Waals surface area contributed by atoms with E-state index < -0.39 is 12.1 Å². The molecule has 2 amide bonds. The van der Waals surface area contributed by atoms with Crippen molar-refractivity contribution in [3.63, 3.8) is 0 Å². The molecule has 2 aliphatic heterocycles. The number of benzene rings is 3. The van der Waals surface area contributed by atoms with Crippen molar-refractivity contribution in [2.45, 2.75) is 45.4 Å². The van der Waals surface area contributed by atoms with E-state index in [0.717, 1.165) is 50.2 Å². The Morgan fingerprint density at radius 3 is 2.30 bits per heavy atom. The molecule has 2 aliphatic rings. The van der Waals surface area contributed by atoms with Crippen molar-refractivity contribution in [1.29, 1.82) is 0 Å². The van der Waals surface area contributed by atoms with Gasteiger partial charge >= 0.3 is 6.09 Å². The molecule has 3 aromatic rings. The van der Waals surface area contributed by atoms with Gasteiger partial charge in [0.15, 0.2) is 0 Å². The first-order valence-corrected chi connectivity index (χ1v) is 16.7. The number of nitrogens with zero attached hydrogens (tertiary/aromatic N) is 3. The number of carbonyl (C=O) groups excluding carboxylic acids is 2. The van der Waals surface area contributed by atoms with Gasteiger partial charge in [-0.2, -0.15) is 0 Å². The van der Waals surface area contributed by atoms with Crippen LogP contribution in [0.2, 0.25) is 0 Å². The van der Waals surface area contributed by atoms with Gasteiger partial charge in [-0.05, 0) is 74.5 Å². The standard InChI is InChI=1S/C37H47FN4O5/c1-3-46-34-15-9-13-32(38)31(34)26-41-22-24-42(25-23-41)36(43)35(39-37(44)47-27-28-10-5-4-6-11-28)30-17-20-40(21-18-30)19-16-29-12-7-8-14-33(29)45-2/h4-15,30,35H,3,16-27H2,1-2H3,(H,39,44)/t35-/m1/s1. The third-order valence-electron chi connectivity index (χ3n) is 9.19. The van der Waals surface area contributed by atoms with Crippen LogP contribution < -0.4 is 14.8 Å². The van der Waals surface area contributed by atoms with Crippen LogP contribution >= 0.6 is 0 Å². The minimum atomic E-state index is -0.683. The molecular formula is C37H47FN4O5. The molecule has 0 bridgehead atoms. The fourth-order valence-electron chi connectivity index (χ4n) is 6.50. The van der Waals surface area contributed by atoms with E-state index in [1.165, 1.54) is 11.6 Å². The molecule has 1 N–H and O–H groups in total. The van der Waals surface area contributed by atoms with E-state index in [1.807, 2.05) is 60.4 Å². The number of carbonyl (C=O) groups is 2. The van der Waals surface area contributed by atoms with Crippen LogP contribution in [0.4, 0.5) is 9.18 Å². The number of amides is 2. The van der Waals surface area contributed by atoms with Gasteiger partial charge in [0.2, 0.25) is 5.91 Å². The van der Waals surface area contributed by atoms with Crippen molar-refractivity contribution in [2.75, 3.05) is 59.5 Å². The zero-order valence-corrected chi connectivity index (χ0v) is 27.5. The average Bonchev–Trinajstić information content (AvgIpc) is 3.11. The summed E-state index contributed by atoms with van der Waals surface area (Å²) in [6.07, 6.45) is 1.86. The Morgan fingerprint density at radius 1 is 0.872 bits per heavy atom. The molecule has 0 radical (unpaired) electrons. The first kappa shape index (κ1) is 34.2. The highest BCUT2D eigenvalue weighted by atomic mass is 19.1. The van der Waals surface area contributed by atoms with Gasteiger partial charge in [0.1, 0.15) is 30.0 Å². The summed E-state index contributed by atoms with van der Waals surface area (Å²) in [5.74, 6) is 1.06. The summed E-state index contributed by atoms with van der Waals surface area (Å²) in [6, 6.07) is 21.8. The smallest absolute Gasteiger partial charge is 0.408 e. The topological polar surface area (TPSA) is 83.6 Å². The van der Waals surface area contributed by atoms with Crippen LogP contribution in [0.15, 0.2) is 72.8 Å². The number of methoxy groups -OCH3 is 1. The Labute approximate surface area is 277 Å². The second kappa shape index (κ2) is 17.1. The van der Waals surface area contributed by atoms with E-state index in [0.29, 0.717) is 50.6 Å². The lowest BCUT2D eigenvalue weighted by Gasteiger charge is -2.40. The predicted octanol–water partition coefficient (Wildman–Crippen LogP) is 5.13. The maximum atomic E-state index is 14.7. The maximum absolute atomic E-state index is 14.7. The number of hydrogen-bond donors (Lipinski definition) is 1. The van der Waals surface area contributed by atoms with Gasteiger partial charge in [0, 0.05) is 44.8 Å². The monoisotopic (exact) mass is 646 g/mol. The van der Waals surface area contributed by atoms with Crippen LogP contribution in [-0.4, -0.2) is 92.3 Å². The lowest BCUT2D eigenvalue weighted by atomic mass is 9.88. The second-order valence-corrected chi connectivity index (χ2v) is 12.2. The lowest BCUT2D eigenvalue weighted by Crippen LogP contribution is -2.58. The number of piperazine rings is 1. The molecule has 3 aromatic carbocycles. The second-order valence-electron chi connectivity index (χ2n) is 12.2. The summed E-state index contributed by atoms with van der Waals surface area (Å²) in [4.78, 5) is 33.5. The highest BCUT2D eigenvalue weighted by Gasteiger charge is 2.36. The van der Waals surface area contributed by atoms with E-state index in [2.05, 4.69) is 21.2 Å². The average molecular weight is 647 g/mol. The largest absolute Gasteiger partial charge is 0.496 e. The quantitative estimate of drug-likeness (QED) is 0.276. The van der Waals surface area contributed by atoms with Crippen LogP contribution in [-0.2, 0) is 29.1 Å². The predicted molar refractivity (Wildman–Crippen MR) is 179 cm³/mol. The van der Waals surface area contributed by atoms with Crippen LogP contribution in [0.25, 0.3) is 0 Å². The van der Waals surface area contributed by atoms with Crippen molar-refractivity contribution in [1.82, 2.24) is 20.0 Å². The van der Waals surface area contributed by atoms with Crippen molar-refractivity contribution in [2.24, 2.45) is 5.92 Å². The molecule has 2 saturated heterocycles. The van der Waals surface area contributed by atoms with Gasteiger partial charge in [0.05, 0.1) is 13.7 Å². The Kier molecular flexibility index (Phi) is 12.5.